The van der Waals surface area contributed by atoms with Gasteiger partial charge in [-0.15, -0.1) is 8.80 Å². The van der Waals surface area contributed by atoms with Gasteiger partial charge in [-0.3, -0.25) is 0 Å². The van der Waals surface area contributed by atoms with Gasteiger partial charge in [0, 0.05) is 59.3 Å². The Morgan fingerprint density at radius 3 is 1.01 bits per heavy atom. The summed E-state index contributed by atoms with van der Waals surface area (Å²) in [5, 5.41) is 31.4. The second-order valence-corrected chi connectivity index (χ2v) is 28.9. The Bertz CT molecular complexity index is 3150. The van der Waals surface area contributed by atoms with E-state index < -0.39 is 50.1 Å². The summed E-state index contributed by atoms with van der Waals surface area (Å²) in [6.07, 6.45) is 1.54. The number of aromatic hydroxyl groups is 2. The van der Waals surface area contributed by atoms with Gasteiger partial charge in [-0.1, -0.05) is 186 Å². The van der Waals surface area contributed by atoms with Gasteiger partial charge in [0.15, 0.2) is 11.7 Å². The molecule has 7 rings (SSSR count). The largest absolute Gasteiger partial charge is 0.507 e. The zero-order chi connectivity index (χ0) is 57.2. The van der Waals surface area contributed by atoms with E-state index in [2.05, 4.69) is 61.0 Å². The predicted molar refractivity (Wildman–Crippen MR) is 319 cm³/mol. The molecule has 0 radical (unpaired) electrons. The summed E-state index contributed by atoms with van der Waals surface area (Å²) < 4.78 is 71.5. The number of phenols is 2. The molecule has 6 aromatic carbocycles. The molecule has 0 saturated carbocycles. The van der Waals surface area contributed by atoms with Crippen LogP contribution in [0.15, 0.2) is 128 Å². The zero-order valence-corrected chi connectivity index (χ0v) is 50.5. The number of hydrogen-bond acceptors (Lipinski definition) is 8. The van der Waals surface area contributed by atoms with E-state index in [9.17, 15) is 27.0 Å². The van der Waals surface area contributed by atoms with E-state index in [0.29, 0.717) is 82.1 Å². The van der Waals surface area contributed by atoms with E-state index in [-0.39, 0.29) is 58.3 Å². The number of anilines is 2. The van der Waals surface area contributed by atoms with Gasteiger partial charge in [0.1, 0.15) is 23.0 Å². The number of amidine groups is 2. The molecule has 0 aromatic heterocycles. The average molecular weight is 1220 g/mol. The van der Waals surface area contributed by atoms with Crippen molar-refractivity contribution in [1.29, 1.82) is 0 Å². The van der Waals surface area contributed by atoms with Gasteiger partial charge in [0.05, 0.1) is 23.0 Å². The van der Waals surface area contributed by atoms with Crippen LogP contribution in [0.25, 0.3) is 0 Å². The first-order valence-electron chi connectivity index (χ1n) is 25.1. The van der Waals surface area contributed by atoms with Crippen LogP contribution in [0.4, 0.5) is 11.4 Å². The standard InChI is InChI=1S/C58H62Cl6N4O8S2/c1-9-21-75-51-39-23-35-31-45(65-53(57(59,60)61)67-77(71,72)47-17-13-11-14-18-47)33-37(49(35)69)25-41-29-44(56(6,7)8)30-42(52(41)76-22-10-2)26-38-34-46(32-36(50(38)70)24-40(51)28-43(27-39)55(3,4)5)66-54(58(62,63)64)68-78(73,74)48-19-15-12-16-20-48/h11-20,27-34,69-70H,9-10,21-26H2,1-8H3,(H,65,67)(H,66,68). The van der Waals surface area contributed by atoms with Crippen molar-refractivity contribution < 1.29 is 36.5 Å². The van der Waals surface area contributed by atoms with Crippen LogP contribution in [0.3, 0.4) is 0 Å². The molecule has 8 bridgehead atoms. The molecule has 0 fully saturated rings. The van der Waals surface area contributed by atoms with E-state index in [1.165, 1.54) is 24.3 Å². The summed E-state index contributed by atoms with van der Waals surface area (Å²) in [6, 6.07) is 29.8. The number of nitrogens with zero attached hydrogens (tertiary/aromatic N) is 2. The normalized spacial score (nSPS) is 14.0. The maximum atomic E-state index is 13.7. The highest BCUT2D eigenvalue weighted by atomic mass is 35.6. The van der Waals surface area contributed by atoms with E-state index >= 15 is 0 Å². The lowest BCUT2D eigenvalue weighted by molar-refractivity contribution is 0.311. The smallest absolute Gasteiger partial charge is 0.284 e. The van der Waals surface area contributed by atoms with Crippen LogP contribution in [0.1, 0.15) is 124 Å². The molecular weight excluding hydrogens is 1160 g/mol. The van der Waals surface area contributed by atoms with Crippen molar-refractivity contribution in [3.63, 3.8) is 0 Å². The summed E-state index contributed by atoms with van der Waals surface area (Å²) >= 11 is 39.1. The number of benzene rings is 6. The molecule has 0 atom stereocenters. The molecule has 20 heteroatoms. The number of sulfonamides is 2. The zero-order valence-electron chi connectivity index (χ0n) is 44.4. The highest BCUT2D eigenvalue weighted by Crippen LogP contribution is 2.44. The van der Waals surface area contributed by atoms with Crippen LogP contribution in [0.5, 0.6) is 23.0 Å². The molecule has 0 spiro atoms. The minimum absolute atomic E-state index is 0.0514. The monoisotopic (exact) mass is 1220 g/mol. The first kappa shape index (κ1) is 60.7. The molecule has 0 saturated heterocycles. The predicted octanol–water partition coefficient (Wildman–Crippen LogP) is 15.1. The Hall–Kier alpha value is -4.90. The third kappa shape index (κ3) is 14.9. The van der Waals surface area contributed by atoms with Crippen LogP contribution < -0.4 is 20.1 Å². The summed E-state index contributed by atoms with van der Waals surface area (Å²) in [4.78, 5) is -0.241. The molecule has 0 amide bonds. The van der Waals surface area contributed by atoms with Crippen molar-refractivity contribution in [3.8, 4) is 23.0 Å². The van der Waals surface area contributed by atoms with Crippen LogP contribution in [-0.2, 0) is 56.6 Å². The maximum absolute atomic E-state index is 13.7. The summed E-state index contributed by atoms with van der Waals surface area (Å²) in [7, 11) is -8.81. The fourth-order valence-corrected chi connectivity index (χ4v) is 11.7. The second kappa shape index (κ2) is 24.1. The van der Waals surface area contributed by atoms with Crippen LogP contribution in [0, 0.1) is 0 Å². The quantitative estimate of drug-likeness (QED) is 0.0399. The average Bonchev–Trinajstić information content (AvgIpc) is 3.40. The first-order chi connectivity index (χ1) is 36.4. The molecule has 0 unspecified atom stereocenters. The summed E-state index contributed by atoms with van der Waals surface area (Å²) in [5.74, 6) is -0.140. The Balaban J connectivity index is 1.55. The van der Waals surface area contributed by atoms with Gasteiger partial charge in [-0.05, 0) is 106 Å². The fourth-order valence-electron chi connectivity index (χ4n) is 8.80. The van der Waals surface area contributed by atoms with Gasteiger partial charge in [0.25, 0.3) is 20.0 Å². The number of nitrogens with one attached hydrogen (secondary N) is 2. The van der Waals surface area contributed by atoms with Crippen LogP contribution in [0.2, 0.25) is 0 Å². The summed E-state index contributed by atoms with van der Waals surface area (Å²) in [5.41, 5.74) is 5.73. The molecule has 12 nitrogen and oxygen atoms in total. The minimum atomic E-state index is -4.40. The van der Waals surface area contributed by atoms with Crippen molar-refractivity contribution in [3.05, 3.63) is 165 Å². The van der Waals surface area contributed by atoms with Crippen molar-refractivity contribution in [2.75, 3.05) is 23.8 Å². The van der Waals surface area contributed by atoms with Crippen molar-refractivity contribution in [2.45, 2.75) is 122 Å². The van der Waals surface area contributed by atoms with E-state index in [4.69, 9.17) is 79.1 Å². The van der Waals surface area contributed by atoms with Gasteiger partial charge in [-0.25, -0.2) is 0 Å². The third-order valence-corrected chi connectivity index (χ3v) is 16.4. The van der Waals surface area contributed by atoms with E-state index in [0.717, 1.165) is 11.1 Å². The Labute approximate surface area is 488 Å². The lowest BCUT2D eigenvalue weighted by Crippen LogP contribution is -2.29. The lowest BCUT2D eigenvalue weighted by Gasteiger charge is -2.27. The molecule has 78 heavy (non-hydrogen) atoms. The number of fused-ring (bicyclic) bond motifs is 8. The van der Waals surface area contributed by atoms with Crippen molar-refractivity contribution in [2.24, 2.45) is 8.80 Å². The lowest BCUT2D eigenvalue weighted by atomic mass is 9.81. The number of phenolic OH excluding ortho intramolecular Hbond substituents is 2. The van der Waals surface area contributed by atoms with Crippen molar-refractivity contribution in [1.82, 2.24) is 0 Å². The van der Waals surface area contributed by atoms with E-state index in [1.807, 2.05) is 38.1 Å². The Kier molecular flexibility index (Phi) is 18.7. The molecule has 0 aliphatic heterocycles. The molecule has 4 N–H and O–H groups in total. The topological polar surface area (TPSA) is 176 Å². The highest BCUT2D eigenvalue weighted by molar-refractivity contribution is 7.90. The minimum Gasteiger partial charge on any atom is -0.507 e. The third-order valence-electron chi connectivity index (χ3n) is 12.7. The van der Waals surface area contributed by atoms with E-state index in [1.54, 1.807) is 60.7 Å². The van der Waals surface area contributed by atoms with Gasteiger partial charge >= 0.3 is 0 Å². The molecule has 416 valence electrons. The van der Waals surface area contributed by atoms with Gasteiger partial charge < -0.3 is 30.3 Å². The number of alkyl halides is 6. The molecule has 1 aliphatic carbocycles. The fraction of sp³-hybridized carbons (Fsp3) is 0.345. The SMILES string of the molecule is CCCOc1c2cc(C(C)(C)C)cc1Cc1cc(N/C(=N/S(=O)(=O)c3ccccc3)C(Cl)(Cl)Cl)cc(c1O)Cc1cc(C(C)(C)C)cc(c1OCCC)Cc1cc(N/C(=N/S(=O)(=O)c3ccccc3)C(Cl)(Cl)Cl)cc(c1O)C2. The Morgan fingerprint density at radius 2 is 0.769 bits per heavy atom. The number of hydrogen-bond donors (Lipinski definition) is 4. The number of rotatable bonds is 12. The van der Waals surface area contributed by atoms with Crippen LogP contribution in [-0.4, -0.2) is 59.5 Å². The molecule has 1 aliphatic rings. The molecule has 6 aromatic rings. The maximum Gasteiger partial charge on any atom is 0.284 e. The number of ether oxygens (including phenoxy) is 2. The van der Waals surface area contributed by atoms with Gasteiger partial charge in [0.2, 0.25) is 7.59 Å². The number of halogens is 6. The van der Waals surface area contributed by atoms with Crippen LogP contribution >= 0.6 is 69.6 Å². The van der Waals surface area contributed by atoms with Gasteiger partial charge in [-0.2, -0.15) is 16.8 Å². The second-order valence-electron chi connectivity index (χ2n) is 21.1. The first-order valence-corrected chi connectivity index (χ1v) is 30.3. The van der Waals surface area contributed by atoms with Crippen molar-refractivity contribution >= 4 is 113 Å². The summed E-state index contributed by atoms with van der Waals surface area (Å²) in [6.45, 7) is 16.9. The Morgan fingerprint density at radius 1 is 0.487 bits per heavy atom. The highest BCUT2D eigenvalue weighted by Gasteiger charge is 2.34. The molecular formula is C58H62Cl6N4O8S2. The molecule has 0 heterocycles.